The van der Waals surface area contributed by atoms with Gasteiger partial charge in [-0.15, -0.1) is 0 Å². The Hall–Kier alpha value is -1.63. The quantitative estimate of drug-likeness (QED) is 0.0393. The molecule has 6 rings (SSSR count). The van der Waals surface area contributed by atoms with Crippen molar-refractivity contribution in [3.63, 3.8) is 0 Å². The van der Waals surface area contributed by atoms with E-state index < -0.39 is 166 Å². The summed E-state index contributed by atoms with van der Waals surface area (Å²) in [6.07, 6.45) is -28.3. The summed E-state index contributed by atoms with van der Waals surface area (Å²) < 4.78 is 46.6. The molecule has 24 atom stereocenters. The van der Waals surface area contributed by atoms with E-state index in [2.05, 4.69) is 13.5 Å². The Balaban J connectivity index is 1.19. The lowest BCUT2D eigenvalue weighted by molar-refractivity contribution is -0.370. The predicted molar refractivity (Wildman–Crippen MR) is 218 cm³/mol. The van der Waals surface area contributed by atoms with Crippen molar-refractivity contribution in [2.45, 2.75) is 195 Å². The number of esters is 1. The second-order valence-electron chi connectivity index (χ2n) is 19.4. The van der Waals surface area contributed by atoms with Crippen LogP contribution >= 0.6 is 0 Å². The molecule has 3 aliphatic carbocycles. The van der Waals surface area contributed by atoms with E-state index in [4.69, 9.17) is 37.9 Å². The topological polar surface area (TPSA) is 374 Å². The molecule has 0 aromatic heterocycles. The molecule has 23 heteroatoms. The van der Waals surface area contributed by atoms with Crippen molar-refractivity contribution < 1.29 is 114 Å². The molecule has 3 saturated carbocycles. The van der Waals surface area contributed by atoms with Gasteiger partial charge in [0.2, 0.25) is 18.9 Å². The van der Waals surface area contributed by atoms with Crippen LogP contribution in [0.4, 0.5) is 0 Å². The molecule has 0 aromatic rings. The molecule has 14 N–H and O–H groups in total. The van der Waals surface area contributed by atoms with Crippen molar-refractivity contribution in [2.75, 3.05) is 26.4 Å². The number of hydrogen-bond donors (Lipinski definition) is 14. The number of rotatable bonds is 16. The summed E-state index contributed by atoms with van der Waals surface area (Å²) in [5, 5.41) is 145. The SMILES string of the molecule is C=C1CC2CCC3[C@](C)(C(=O)OC4OC(CO)C(O)C(O)C4OC(OC(CO)C(C)O)C(O)O)CCC[C@@]3(C)[C@@H]2CCC1OC1OC(CO)C(O)C(O)C1OC1OC(CO)C(O)C(O)C1O. The third-order valence-corrected chi connectivity index (χ3v) is 15.3. The highest BCUT2D eigenvalue weighted by Gasteiger charge is 2.61. The van der Waals surface area contributed by atoms with Gasteiger partial charge in [-0.1, -0.05) is 19.9 Å². The monoisotopic (exact) mass is 956 g/mol. The van der Waals surface area contributed by atoms with Crippen molar-refractivity contribution >= 4 is 5.97 Å². The predicted octanol–water partition coefficient (Wildman–Crippen LogP) is -4.66. The average Bonchev–Trinajstić information content (AvgIpc) is 3.44. The zero-order valence-corrected chi connectivity index (χ0v) is 37.4. The molecule has 66 heavy (non-hydrogen) atoms. The minimum Gasteiger partial charge on any atom is -0.432 e. The van der Waals surface area contributed by atoms with Gasteiger partial charge in [-0.3, -0.25) is 4.79 Å². The lowest BCUT2D eigenvalue weighted by Crippen LogP contribution is -2.65. The van der Waals surface area contributed by atoms with Gasteiger partial charge in [0.15, 0.2) is 18.7 Å². The van der Waals surface area contributed by atoms with Crippen molar-refractivity contribution in [2.24, 2.45) is 28.6 Å². The molecule has 382 valence electrons. The van der Waals surface area contributed by atoms with Crippen LogP contribution in [0.15, 0.2) is 12.2 Å². The zero-order chi connectivity index (χ0) is 48.6. The van der Waals surface area contributed by atoms with Crippen LogP contribution in [0.3, 0.4) is 0 Å². The molecule has 3 saturated heterocycles. The first kappa shape index (κ1) is 53.7. The second-order valence-corrected chi connectivity index (χ2v) is 19.4. The first-order chi connectivity index (χ1) is 31.1. The average molecular weight is 957 g/mol. The van der Waals surface area contributed by atoms with Crippen LogP contribution in [0, 0.1) is 28.6 Å². The van der Waals surface area contributed by atoms with Crippen LogP contribution in [-0.2, 0) is 42.7 Å². The number of ether oxygens (including phenoxy) is 8. The Kier molecular flexibility index (Phi) is 18.1. The second kappa shape index (κ2) is 22.2. The van der Waals surface area contributed by atoms with Gasteiger partial charge in [0.25, 0.3) is 0 Å². The van der Waals surface area contributed by atoms with Gasteiger partial charge in [-0.2, -0.15) is 0 Å². The highest BCUT2D eigenvalue weighted by atomic mass is 16.8. The highest BCUT2D eigenvalue weighted by Crippen LogP contribution is 2.64. The van der Waals surface area contributed by atoms with E-state index in [0.717, 1.165) is 6.42 Å². The van der Waals surface area contributed by atoms with Crippen LogP contribution < -0.4 is 0 Å². The van der Waals surface area contributed by atoms with Crippen LogP contribution in [0.5, 0.6) is 0 Å². The minimum absolute atomic E-state index is 0.00940. The van der Waals surface area contributed by atoms with E-state index in [1.807, 2.05) is 0 Å². The summed E-state index contributed by atoms with van der Waals surface area (Å²) in [5.74, 6) is -0.898. The Morgan fingerprint density at radius 3 is 1.86 bits per heavy atom. The van der Waals surface area contributed by atoms with Crippen molar-refractivity contribution in [3.8, 4) is 0 Å². The summed E-state index contributed by atoms with van der Waals surface area (Å²) in [6, 6.07) is 0. The summed E-state index contributed by atoms with van der Waals surface area (Å²) in [6.45, 7) is 6.55. The van der Waals surface area contributed by atoms with Gasteiger partial charge in [0, 0.05) is 0 Å². The van der Waals surface area contributed by atoms with Crippen LogP contribution in [0.1, 0.15) is 72.1 Å². The fourth-order valence-corrected chi connectivity index (χ4v) is 11.5. The summed E-state index contributed by atoms with van der Waals surface area (Å²) in [4.78, 5) is 14.6. The largest absolute Gasteiger partial charge is 0.432 e. The minimum atomic E-state index is -2.40. The Morgan fingerprint density at radius 1 is 0.712 bits per heavy atom. The molecule has 21 unspecified atom stereocenters. The Morgan fingerprint density at radius 2 is 1.29 bits per heavy atom. The van der Waals surface area contributed by atoms with Crippen LogP contribution in [0.2, 0.25) is 0 Å². The number of hydrogen-bond acceptors (Lipinski definition) is 23. The third-order valence-electron chi connectivity index (χ3n) is 15.3. The van der Waals surface area contributed by atoms with E-state index in [1.165, 1.54) is 6.92 Å². The van der Waals surface area contributed by atoms with Crippen LogP contribution in [-0.4, -0.2) is 227 Å². The number of carbonyl (C=O) groups is 1. The van der Waals surface area contributed by atoms with Crippen molar-refractivity contribution in [3.05, 3.63) is 12.2 Å². The van der Waals surface area contributed by atoms with Gasteiger partial charge in [0.05, 0.1) is 44.1 Å². The molecule has 0 amide bonds. The third kappa shape index (κ3) is 10.7. The van der Waals surface area contributed by atoms with Crippen LogP contribution in [0.25, 0.3) is 0 Å². The zero-order valence-electron chi connectivity index (χ0n) is 37.4. The molecule has 0 bridgehead atoms. The molecule has 0 aromatic carbocycles. The van der Waals surface area contributed by atoms with Crippen molar-refractivity contribution in [1.82, 2.24) is 0 Å². The standard InChI is InChI=1S/C43H72O23/c1-17-12-19-6-9-26-42(3,20(19)7-8-21(17)59-38-34(31(53)28(50)24(15-46)62-38)64-37-33(55)30(52)27(49)23(14-45)61-37)10-5-11-43(26,4)41(58)66-39-35(32(54)29(51)25(16-47)63-39)65-40(36(56)57)60-22(13-44)18(2)48/h18-40,44-57H,1,5-16H2,2-4H3/t18?,19?,20-,21?,22?,23?,24?,25?,26?,27?,28?,29?,30?,31?,32?,33?,34?,35?,37?,38?,39?,40?,42+,43-/m1/s1. The van der Waals surface area contributed by atoms with E-state index in [-0.39, 0.29) is 17.8 Å². The first-order valence-electron chi connectivity index (χ1n) is 22.9. The molecular weight excluding hydrogens is 884 g/mol. The molecule has 3 heterocycles. The molecule has 3 aliphatic heterocycles. The Labute approximate surface area is 382 Å². The highest BCUT2D eigenvalue weighted by molar-refractivity contribution is 5.77. The van der Waals surface area contributed by atoms with Gasteiger partial charge in [-0.25, -0.2) is 0 Å². The molecule has 0 radical (unpaired) electrons. The van der Waals surface area contributed by atoms with E-state index in [0.29, 0.717) is 50.5 Å². The molecular formula is C43H72O23. The number of carbonyl (C=O) groups excluding carboxylic acids is 1. The summed E-state index contributed by atoms with van der Waals surface area (Å²) in [7, 11) is 0. The summed E-state index contributed by atoms with van der Waals surface area (Å²) >= 11 is 0. The Bertz CT molecular complexity index is 1590. The fourth-order valence-electron chi connectivity index (χ4n) is 11.5. The normalized spacial score (nSPS) is 47.0. The lowest BCUT2D eigenvalue weighted by atomic mass is 9.45. The maximum Gasteiger partial charge on any atom is 0.314 e. The van der Waals surface area contributed by atoms with E-state index >= 15 is 0 Å². The maximum absolute atomic E-state index is 14.6. The fraction of sp³-hybridized carbons (Fsp3) is 0.930. The smallest absolute Gasteiger partial charge is 0.314 e. The van der Waals surface area contributed by atoms with Gasteiger partial charge < -0.3 is 109 Å². The molecule has 6 aliphatic rings. The number of aliphatic hydroxyl groups excluding tert-OH is 13. The summed E-state index contributed by atoms with van der Waals surface area (Å²) in [5.41, 5.74) is -0.925. The molecule has 23 nitrogen and oxygen atoms in total. The molecule has 0 spiro atoms. The van der Waals surface area contributed by atoms with Crippen molar-refractivity contribution in [1.29, 1.82) is 0 Å². The number of aliphatic hydroxyl groups is 14. The molecule has 6 fully saturated rings. The first-order valence-corrected chi connectivity index (χ1v) is 22.9. The number of fused-ring (bicyclic) bond motifs is 3. The van der Waals surface area contributed by atoms with Gasteiger partial charge in [-0.05, 0) is 87.5 Å². The van der Waals surface area contributed by atoms with E-state index in [9.17, 15) is 76.3 Å². The lowest BCUT2D eigenvalue weighted by Gasteiger charge is -2.59. The van der Waals surface area contributed by atoms with Gasteiger partial charge in [0.1, 0.15) is 73.2 Å². The van der Waals surface area contributed by atoms with Gasteiger partial charge >= 0.3 is 5.97 Å². The van der Waals surface area contributed by atoms with E-state index in [1.54, 1.807) is 6.92 Å². The maximum atomic E-state index is 14.6.